The van der Waals surface area contributed by atoms with E-state index in [2.05, 4.69) is 15.9 Å². The number of rotatable bonds is 2. The third-order valence-corrected chi connectivity index (χ3v) is 3.61. The van der Waals surface area contributed by atoms with Crippen LogP contribution in [0.3, 0.4) is 0 Å². The Labute approximate surface area is 117 Å². The van der Waals surface area contributed by atoms with E-state index in [1.54, 1.807) is 24.3 Å². The predicted molar refractivity (Wildman–Crippen MR) is 74.5 cm³/mol. The topological polar surface area (TPSA) is 0 Å². The highest BCUT2D eigenvalue weighted by Crippen LogP contribution is 2.31. The molecular weight excluding hydrogens is 326 g/mol. The van der Waals surface area contributed by atoms with Crippen molar-refractivity contribution in [3.8, 4) is 11.1 Å². The molecule has 17 heavy (non-hydrogen) atoms. The molecule has 88 valence electrons. The minimum absolute atomic E-state index is 0.254. The van der Waals surface area contributed by atoms with Gasteiger partial charge in [0.15, 0.2) is 0 Å². The van der Waals surface area contributed by atoms with Crippen LogP contribution in [0.25, 0.3) is 11.1 Å². The van der Waals surface area contributed by atoms with Crippen LogP contribution in [-0.4, -0.2) is 0 Å². The molecule has 4 heteroatoms. The lowest BCUT2D eigenvalue weighted by Crippen LogP contribution is -1.88. The standard InChI is InChI=1S/C13H8BrCl2F/c14-7-9-2-1-8(5-13(9)17)11-6-10(15)3-4-12(11)16/h1-6H,7H2. The van der Waals surface area contributed by atoms with Gasteiger partial charge in [-0.05, 0) is 35.4 Å². The Balaban J connectivity index is 2.53. The van der Waals surface area contributed by atoms with Gasteiger partial charge in [-0.15, -0.1) is 0 Å². The highest BCUT2D eigenvalue weighted by molar-refractivity contribution is 9.08. The summed E-state index contributed by atoms with van der Waals surface area (Å²) in [5, 5.41) is 1.62. The van der Waals surface area contributed by atoms with E-state index in [1.807, 2.05) is 6.07 Å². The van der Waals surface area contributed by atoms with Crippen molar-refractivity contribution in [1.29, 1.82) is 0 Å². The van der Waals surface area contributed by atoms with Gasteiger partial charge in [-0.1, -0.05) is 51.3 Å². The second-order valence-electron chi connectivity index (χ2n) is 3.56. The van der Waals surface area contributed by atoms with Crippen LogP contribution in [0.4, 0.5) is 4.39 Å². The molecule has 0 aliphatic carbocycles. The van der Waals surface area contributed by atoms with Crippen molar-refractivity contribution in [2.45, 2.75) is 5.33 Å². The van der Waals surface area contributed by atoms with E-state index < -0.39 is 0 Å². The van der Waals surface area contributed by atoms with Crippen LogP contribution in [0.1, 0.15) is 5.56 Å². The lowest BCUT2D eigenvalue weighted by atomic mass is 10.0. The Hall–Kier alpha value is -0.570. The van der Waals surface area contributed by atoms with Crippen LogP contribution in [0.15, 0.2) is 36.4 Å². The molecule has 0 aliphatic rings. The van der Waals surface area contributed by atoms with Crippen molar-refractivity contribution in [2.75, 3.05) is 0 Å². The zero-order valence-electron chi connectivity index (χ0n) is 8.68. The van der Waals surface area contributed by atoms with Crippen molar-refractivity contribution in [3.63, 3.8) is 0 Å². The molecule has 0 heterocycles. The van der Waals surface area contributed by atoms with E-state index in [1.165, 1.54) is 6.07 Å². The molecule has 0 fully saturated rings. The minimum Gasteiger partial charge on any atom is -0.207 e. The lowest BCUT2D eigenvalue weighted by molar-refractivity contribution is 0.618. The fourth-order valence-electron chi connectivity index (χ4n) is 1.54. The first kappa shape index (κ1) is 12.9. The summed E-state index contributed by atoms with van der Waals surface area (Å²) in [5.74, 6) is -0.254. The highest BCUT2D eigenvalue weighted by atomic mass is 79.9. The summed E-state index contributed by atoms with van der Waals surface area (Å²) in [6.07, 6.45) is 0. The van der Waals surface area contributed by atoms with Crippen LogP contribution in [0, 0.1) is 5.82 Å². The van der Waals surface area contributed by atoms with Gasteiger partial charge >= 0.3 is 0 Å². The van der Waals surface area contributed by atoms with Crippen molar-refractivity contribution in [3.05, 3.63) is 57.8 Å². The molecule has 0 N–H and O–H groups in total. The summed E-state index contributed by atoms with van der Waals surface area (Å²) in [6.45, 7) is 0. The molecule has 0 nitrogen and oxygen atoms in total. The number of alkyl halides is 1. The van der Waals surface area contributed by atoms with Gasteiger partial charge in [-0.3, -0.25) is 0 Å². The number of benzene rings is 2. The Kier molecular flexibility index (Phi) is 4.08. The molecule has 0 saturated heterocycles. The number of hydrogen-bond acceptors (Lipinski definition) is 0. The van der Waals surface area contributed by atoms with Crippen molar-refractivity contribution in [2.24, 2.45) is 0 Å². The average molecular weight is 334 g/mol. The van der Waals surface area contributed by atoms with Crippen molar-refractivity contribution >= 4 is 39.1 Å². The zero-order valence-corrected chi connectivity index (χ0v) is 11.8. The van der Waals surface area contributed by atoms with Gasteiger partial charge in [0.05, 0.1) is 0 Å². The van der Waals surface area contributed by atoms with Crippen LogP contribution < -0.4 is 0 Å². The summed E-state index contributed by atoms with van der Waals surface area (Å²) in [5.41, 5.74) is 2.07. The quantitative estimate of drug-likeness (QED) is 0.619. The Morgan fingerprint density at radius 3 is 2.47 bits per heavy atom. The van der Waals surface area contributed by atoms with Crippen molar-refractivity contribution < 1.29 is 4.39 Å². The van der Waals surface area contributed by atoms with Gasteiger partial charge in [0.1, 0.15) is 5.82 Å². The molecule has 0 unspecified atom stereocenters. The Morgan fingerprint density at radius 2 is 1.82 bits per heavy atom. The molecule has 0 atom stereocenters. The minimum atomic E-state index is -0.254. The molecule has 0 aromatic heterocycles. The van der Waals surface area contributed by atoms with Gasteiger partial charge in [-0.2, -0.15) is 0 Å². The number of hydrogen-bond donors (Lipinski definition) is 0. The van der Waals surface area contributed by atoms with Gasteiger partial charge in [0, 0.05) is 20.9 Å². The molecule has 0 saturated carbocycles. The van der Waals surface area contributed by atoms with E-state index in [4.69, 9.17) is 23.2 Å². The molecule has 0 bridgehead atoms. The maximum Gasteiger partial charge on any atom is 0.127 e. The SMILES string of the molecule is Fc1cc(-c2cc(Cl)ccc2Cl)ccc1CBr. The van der Waals surface area contributed by atoms with Gasteiger partial charge in [0.2, 0.25) is 0 Å². The Bertz CT molecular complexity index is 555. The van der Waals surface area contributed by atoms with Gasteiger partial charge < -0.3 is 0 Å². The summed E-state index contributed by atoms with van der Waals surface area (Å²) in [6, 6.07) is 10.2. The molecule has 2 aromatic carbocycles. The molecule has 0 amide bonds. The molecule has 0 spiro atoms. The summed E-state index contributed by atoms with van der Waals surface area (Å²) in [7, 11) is 0. The van der Waals surface area contributed by atoms with Crippen LogP contribution in [0.2, 0.25) is 10.0 Å². The van der Waals surface area contributed by atoms with E-state index in [-0.39, 0.29) is 5.82 Å². The highest BCUT2D eigenvalue weighted by Gasteiger charge is 2.07. The maximum atomic E-state index is 13.7. The van der Waals surface area contributed by atoms with Gasteiger partial charge in [0.25, 0.3) is 0 Å². The molecule has 2 rings (SSSR count). The van der Waals surface area contributed by atoms with E-state index in [0.717, 1.165) is 11.1 Å². The number of halogens is 4. The van der Waals surface area contributed by atoms with Crippen molar-refractivity contribution in [1.82, 2.24) is 0 Å². The normalized spacial score (nSPS) is 10.6. The smallest absolute Gasteiger partial charge is 0.127 e. The molecule has 2 aromatic rings. The van der Waals surface area contributed by atoms with Crippen LogP contribution in [0.5, 0.6) is 0 Å². The average Bonchev–Trinajstić information content (AvgIpc) is 2.32. The fourth-order valence-corrected chi connectivity index (χ4v) is 2.40. The van der Waals surface area contributed by atoms with E-state index >= 15 is 0 Å². The Morgan fingerprint density at radius 1 is 1.06 bits per heavy atom. The van der Waals surface area contributed by atoms with E-state index in [0.29, 0.717) is 20.9 Å². The molecule has 0 aliphatic heterocycles. The third kappa shape index (κ3) is 2.82. The monoisotopic (exact) mass is 332 g/mol. The first-order valence-electron chi connectivity index (χ1n) is 4.91. The summed E-state index contributed by atoms with van der Waals surface area (Å²) >= 11 is 15.2. The molecule has 0 radical (unpaired) electrons. The largest absolute Gasteiger partial charge is 0.207 e. The summed E-state index contributed by atoms with van der Waals surface area (Å²) in [4.78, 5) is 0. The van der Waals surface area contributed by atoms with E-state index in [9.17, 15) is 4.39 Å². The van der Waals surface area contributed by atoms with Crippen LogP contribution >= 0.6 is 39.1 Å². The predicted octanol–water partition coefficient (Wildman–Crippen LogP) is 5.69. The second-order valence-corrected chi connectivity index (χ2v) is 4.97. The second kappa shape index (κ2) is 5.38. The third-order valence-electron chi connectivity index (χ3n) is 2.44. The maximum absolute atomic E-state index is 13.7. The first-order chi connectivity index (χ1) is 8.11. The van der Waals surface area contributed by atoms with Gasteiger partial charge in [-0.25, -0.2) is 4.39 Å². The molecular formula is C13H8BrCl2F. The zero-order chi connectivity index (χ0) is 12.4. The lowest BCUT2D eigenvalue weighted by Gasteiger charge is -2.07. The van der Waals surface area contributed by atoms with Crippen LogP contribution in [-0.2, 0) is 5.33 Å². The summed E-state index contributed by atoms with van der Waals surface area (Å²) < 4.78 is 13.7. The fraction of sp³-hybridized carbons (Fsp3) is 0.0769. The first-order valence-corrected chi connectivity index (χ1v) is 6.79.